The standard InChI is InChI=1S/C15H21FN2O/c1-12-6-9-18(10-7-12)15(19)17-8-5-13-3-2-4-14(16)11-13/h2-4,11-12H,5-10H2,1H3,(H,17,19). The molecule has 1 heterocycles. The molecule has 4 heteroatoms. The number of nitrogens with zero attached hydrogens (tertiary/aromatic N) is 1. The summed E-state index contributed by atoms with van der Waals surface area (Å²) in [4.78, 5) is 13.8. The van der Waals surface area contributed by atoms with Crippen molar-refractivity contribution in [3.8, 4) is 0 Å². The van der Waals surface area contributed by atoms with Gasteiger partial charge >= 0.3 is 6.03 Å². The molecular weight excluding hydrogens is 243 g/mol. The van der Waals surface area contributed by atoms with Crippen molar-refractivity contribution in [3.63, 3.8) is 0 Å². The Bertz CT molecular complexity index is 428. The molecule has 1 aromatic rings. The molecule has 3 nitrogen and oxygen atoms in total. The second-order valence-electron chi connectivity index (χ2n) is 5.28. The Kier molecular flexibility index (Phi) is 4.77. The number of carbonyl (C=O) groups is 1. The van der Waals surface area contributed by atoms with Gasteiger partial charge in [0.05, 0.1) is 0 Å². The van der Waals surface area contributed by atoms with Crippen molar-refractivity contribution in [1.82, 2.24) is 10.2 Å². The highest BCUT2D eigenvalue weighted by atomic mass is 19.1. The average molecular weight is 264 g/mol. The number of hydrogen-bond acceptors (Lipinski definition) is 1. The van der Waals surface area contributed by atoms with Gasteiger partial charge < -0.3 is 10.2 Å². The number of piperidine rings is 1. The summed E-state index contributed by atoms with van der Waals surface area (Å²) in [6.45, 7) is 4.45. The zero-order valence-electron chi connectivity index (χ0n) is 11.4. The second-order valence-corrected chi connectivity index (χ2v) is 5.28. The van der Waals surface area contributed by atoms with Gasteiger partial charge in [0.1, 0.15) is 5.82 Å². The highest BCUT2D eigenvalue weighted by molar-refractivity contribution is 5.74. The zero-order valence-corrected chi connectivity index (χ0v) is 11.4. The topological polar surface area (TPSA) is 32.3 Å². The van der Waals surface area contributed by atoms with Crippen LogP contribution < -0.4 is 5.32 Å². The fourth-order valence-electron chi connectivity index (χ4n) is 2.33. The third kappa shape index (κ3) is 4.23. The Hall–Kier alpha value is -1.58. The minimum atomic E-state index is -0.228. The van der Waals surface area contributed by atoms with Gasteiger partial charge in [0.2, 0.25) is 0 Å². The summed E-state index contributed by atoms with van der Waals surface area (Å²) in [6.07, 6.45) is 2.82. The Morgan fingerprint density at radius 1 is 1.42 bits per heavy atom. The largest absolute Gasteiger partial charge is 0.338 e. The van der Waals surface area contributed by atoms with Crippen LogP contribution in [0.4, 0.5) is 9.18 Å². The number of rotatable bonds is 3. The number of amides is 2. The van der Waals surface area contributed by atoms with Gasteiger partial charge in [-0.1, -0.05) is 19.1 Å². The van der Waals surface area contributed by atoms with E-state index >= 15 is 0 Å². The van der Waals surface area contributed by atoms with Crippen LogP contribution in [-0.4, -0.2) is 30.6 Å². The Morgan fingerprint density at radius 2 is 2.16 bits per heavy atom. The monoisotopic (exact) mass is 264 g/mol. The fraction of sp³-hybridized carbons (Fsp3) is 0.533. The molecule has 19 heavy (non-hydrogen) atoms. The zero-order chi connectivity index (χ0) is 13.7. The number of benzene rings is 1. The van der Waals surface area contributed by atoms with Gasteiger partial charge in [-0.25, -0.2) is 9.18 Å². The molecule has 0 aliphatic carbocycles. The summed E-state index contributed by atoms with van der Waals surface area (Å²) in [5.74, 6) is 0.491. The average Bonchev–Trinajstić information content (AvgIpc) is 2.39. The number of likely N-dealkylation sites (tertiary alicyclic amines) is 1. The van der Waals surface area contributed by atoms with E-state index in [0.717, 1.165) is 37.4 Å². The van der Waals surface area contributed by atoms with Crippen LogP contribution in [-0.2, 0) is 6.42 Å². The van der Waals surface area contributed by atoms with Crippen LogP contribution >= 0.6 is 0 Å². The van der Waals surface area contributed by atoms with Crippen molar-refractivity contribution in [2.45, 2.75) is 26.2 Å². The van der Waals surface area contributed by atoms with Crippen molar-refractivity contribution in [3.05, 3.63) is 35.6 Å². The van der Waals surface area contributed by atoms with Gasteiger partial charge in [0, 0.05) is 19.6 Å². The fourth-order valence-corrected chi connectivity index (χ4v) is 2.33. The lowest BCUT2D eigenvalue weighted by Gasteiger charge is -2.30. The van der Waals surface area contributed by atoms with E-state index in [4.69, 9.17) is 0 Å². The quantitative estimate of drug-likeness (QED) is 0.894. The summed E-state index contributed by atoms with van der Waals surface area (Å²) in [7, 11) is 0. The van der Waals surface area contributed by atoms with Crippen molar-refractivity contribution < 1.29 is 9.18 Å². The number of hydrogen-bond donors (Lipinski definition) is 1. The molecule has 0 unspecified atom stereocenters. The van der Waals surface area contributed by atoms with Gasteiger partial charge in [-0.05, 0) is 42.9 Å². The third-order valence-electron chi connectivity index (χ3n) is 3.65. The molecule has 1 N–H and O–H groups in total. The van der Waals surface area contributed by atoms with E-state index in [0.29, 0.717) is 13.0 Å². The molecule has 0 atom stereocenters. The van der Waals surface area contributed by atoms with Gasteiger partial charge in [-0.2, -0.15) is 0 Å². The van der Waals surface area contributed by atoms with Crippen LogP contribution in [0.25, 0.3) is 0 Å². The summed E-state index contributed by atoms with van der Waals surface area (Å²) in [5, 5.41) is 2.90. The van der Waals surface area contributed by atoms with E-state index in [1.165, 1.54) is 12.1 Å². The third-order valence-corrected chi connectivity index (χ3v) is 3.65. The summed E-state index contributed by atoms with van der Waals surface area (Å²) >= 11 is 0. The number of nitrogens with one attached hydrogen (secondary N) is 1. The highest BCUT2D eigenvalue weighted by Gasteiger charge is 2.19. The Balaban J connectivity index is 1.72. The molecule has 0 aromatic heterocycles. The van der Waals surface area contributed by atoms with E-state index < -0.39 is 0 Å². The van der Waals surface area contributed by atoms with Gasteiger partial charge in [0.15, 0.2) is 0 Å². The first-order valence-electron chi connectivity index (χ1n) is 6.92. The van der Waals surface area contributed by atoms with Crippen LogP contribution in [0, 0.1) is 11.7 Å². The first-order chi connectivity index (χ1) is 9.15. The van der Waals surface area contributed by atoms with Crippen molar-refractivity contribution in [1.29, 1.82) is 0 Å². The predicted molar refractivity (Wildman–Crippen MR) is 73.5 cm³/mol. The summed E-state index contributed by atoms with van der Waals surface area (Å²) in [5.41, 5.74) is 0.910. The molecule has 0 spiro atoms. The molecule has 2 amide bonds. The Morgan fingerprint density at radius 3 is 2.84 bits per heavy atom. The van der Waals surface area contributed by atoms with E-state index in [2.05, 4.69) is 12.2 Å². The second kappa shape index (κ2) is 6.55. The van der Waals surface area contributed by atoms with E-state index in [9.17, 15) is 9.18 Å². The van der Waals surface area contributed by atoms with Gasteiger partial charge in [-0.15, -0.1) is 0 Å². The van der Waals surface area contributed by atoms with Crippen molar-refractivity contribution >= 4 is 6.03 Å². The molecule has 0 bridgehead atoms. The first-order valence-corrected chi connectivity index (χ1v) is 6.92. The summed E-state index contributed by atoms with van der Waals surface area (Å²) < 4.78 is 13.0. The van der Waals surface area contributed by atoms with Crippen LogP contribution in [0.5, 0.6) is 0 Å². The lowest BCUT2D eigenvalue weighted by Crippen LogP contribution is -2.44. The maximum Gasteiger partial charge on any atom is 0.317 e. The van der Waals surface area contributed by atoms with E-state index in [-0.39, 0.29) is 11.8 Å². The lowest BCUT2D eigenvalue weighted by atomic mass is 10.00. The lowest BCUT2D eigenvalue weighted by molar-refractivity contribution is 0.174. The van der Waals surface area contributed by atoms with Gasteiger partial charge in [0.25, 0.3) is 0 Å². The molecule has 1 fully saturated rings. The molecule has 1 aliphatic rings. The van der Waals surface area contributed by atoms with Crippen LogP contribution in [0.3, 0.4) is 0 Å². The SMILES string of the molecule is CC1CCN(C(=O)NCCc2cccc(F)c2)CC1. The minimum absolute atomic E-state index is 0.00306. The van der Waals surface area contributed by atoms with Gasteiger partial charge in [-0.3, -0.25) is 0 Å². The molecule has 0 saturated carbocycles. The van der Waals surface area contributed by atoms with Crippen molar-refractivity contribution in [2.24, 2.45) is 5.92 Å². The smallest absolute Gasteiger partial charge is 0.317 e. The van der Waals surface area contributed by atoms with Crippen LogP contribution in [0.2, 0.25) is 0 Å². The summed E-state index contributed by atoms with van der Waals surface area (Å²) in [6, 6.07) is 6.51. The normalized spacial score (nSPS) is 16.4. The predicted octanol–water partition coefficient (Wildman–Crippen LogP) is 2.81. The molecule has 2 rings (SSSR count). The Labute approximate surface area is 113 Å². The molecule has 1 saturated heterocycles. The first kappa shape index (κ1) is 13.8. The highest BCUT2D eigenvalue weighted by Crippen LogP contribution is 2.15. The molecular formula is C15H21FN2O. The van der Waals surface area contributed by atoms with Crippen LogP contribution in [0.15, 0.2) is 24.3 Å². The number of halogens is 1. The van der Waals surface area contributed by atoms with Crippen molar-refractivity contribution in [2.75, 3.05) is 19.6 Å². The molecule has 0 radical (unpaired) electrons. The minimum Gasteiger partial charge on any atom is -0.338 e. The number of carbonyl (C=O) groups excluding carboxylic acids is 1. The number of urea groups is 1. The maximum atomic E-state index is 13.0. The molecule has 1 aromatic carbocycles. The molecule has 1 aliphatic heterocycles. The molecule has 104 valence electrons. The van der Waals surface area contributed by atoms with E-state index in [1.54, 1.807) is 6.07 Å². The maximum absolute atomic E-state index is 13.0. The van der Waals surface area contributed by atoms with E-state index in [1.807, 2.05) is 11.0 Å². The van der Waals surface area contributed by atoms with Crippen LogP contribution in [0.1, 0.15) is 25.3 Å².